The predicted molar refractivity (Wildman–Crippen MR) is 48.1 cm³/mol. The van der Waals surface area contributed by atoms with Gasteiger partial charge in [0.05, 0.1) is 24.2 Å². The molecule has 0 bridgehead atoms. The molecule has 1 rings (SSSR count). The van der Waals surface area contributed by atoms with E-state index in [1.165, 1.54) is 0 Å². The Labute approximate surface area is 77.7 Å². The zero-order chi connectivity index (χ0) is 10.1. The van der Waals surface area contributed by atoms with Gasteiger partial charge in [0.2, 0.25) is 0 Å². The minimum Gasteiger partial charge on any atom is -0.395 e. The molecule has 0 saturated carbocycles. The third-order valence-electron chi connectivity index (χ3n) is 2.10. The molecule has 0 amide bonds. The topological polar surface area (TPSA) is 86.6 Å². The molecule has 1 saturated heterocycles. The number of sulfone groups is 1. The zero-order valence-corrected chi connectivity index (χ0v) is 8.29. The molecule has 0 aromatic carbocycles. The molecule has 1 heterocycles. The van der Waals surface area contributed by atoms with E-state index in [9.17, 15) is 13.5 Å². The van der Waals surface area contributed by atoms with Gasteiger partial charge in [-0.25, -0.2) is 8.42 Å². The number of aliphatic hydroxyl groups is 2. The van der Waals surface area contributed by atoms with Crippen LogP contribution in [0.3, 0.4) is 0 Å². The van der Waals surface area contributed by atoms with Crippen LogP contribution in [-0.2, 0) is 9.84 Å². The Bertz CT molecular complexity index is 264. The smallest absolute Gasteiger partial charge is 0.154 e. The van der Waals surface area contributed by atoms with E-state index in [0.29, 0.717) is 0 Å². The molecule has 0 spiro atoms. The van der Waals surface area contributed by atoms with Gasteiger partial charge >= 0.3 is 0 Å². The summed E-state index contributed by atoms with van der Waals surface area (Å²) in [5.41, 5.74) is 0. The molecule has 0 aromatic heterocycles. The highest BCUT2D eigenvalue weighted by Crippen LogP contribution is 2.12. The van der Waals surface area contributed by atoms with E-state index in [4.69, 9.17) is 5.11 Å². The van der Waals surface area contributed by atoms with Gasteiger partial charge < -0.3 is 15.5 Å². The van der Waals surface area contributed by atoms with Crippen molar-refractivity contribution in [3.8, 4) is 0 Å². The first-order valence-corrected chi connectivity index (χ1v) is 6.02. The second-order valence-electron chi connectivity index (χ2n) is 3.50. The highest BCUT2D eigenvalue weighted by Gasteiger charge is 2.36. The van der Waals surface area contributed by atoms with E-state index in [-0.39, 0.29) is 24.2 Å². The van der Waals surface area contributed by atoms with Gasteiger partial charge in [-0.15, -0.1) is 0 Å². The summed E-state index contributed by atoms with van der Waals surface area (Å²) in [7, 11) is -3.09. The lowest BCUT2D eigenvalue weighted by molar-refractivity contribution is 0.148. The van der Waals surface area contributed by atoms with Crippen LogP contribution in [-0.4, -0.2) is 54.9 Å². The van der Waals surface area contributed by atoms with Crippen LogP contribution >= 0.6 is 0 Å². The van der Waals surface area contributed by atoms with Crippen molar-refractivity contribution in [1.29, 1.82) is 0 Å². The first kappa shape index (κ1) is 10.9. The summed E-state index contributed by atoms with van der Waals surface area (Å²) < 4.78 is 22.1. The standard InChI is InChI=1S/C7H15NO4S/c1-5(2-9)8-6-3-13(11,12)4-7(6)10/h5-10H,2-4H2,1H3. The van der Waals surface area contributed by atoms with Crippen LogP contribution in [0.5, 0.6) is 0 Å². The summed E-state index contributed by atoms with van der Waals surface area (Å²) in [4.78, 5) is 0. The molecule has 6 heteroatoms. The average Bonchev–Trinajstić information content (AvgIpc) is 2.24. The van der Waals surface area contributed by atoms with Gasteiger partial charge in [0.25, 0.3) is 0 Å². The molecule has 1 fully saturated rings. The predicted octanol–water partition coefficient (Wildman–Crippen LogP) is -1.89. The van der Waals surface area contributed by atoms with E-state index < -0.39 is 22.0 Å². The molecule has 0 radical (unpaired) electrons. The van der Waals surface area contributed by atoms with Crippen molar-refractivity contribution >= 4 is 9.84 Å². The minimum absolute atomic E-state index is 0.0431. The highest BCUT2D eigenvalue weighted by atomic mass is 32.2. The molecule has 13 heavy (non-hydrogen) atoms. The molecule has 3 N–H and O–H groups in total. The zero-order valence-electron chi connectivity index (χ0n) is 7.47. The first-order valence-electron chi connectivity index (χ1n) is 4.20. The van der Waals surface area contributed by atoms with Gasteiger partial charge in [0.1, 0.15) is 0 Å². The van der Waals surface area contributed by atoms with E-state index in [2.05, 4.69) is 5.32 Å². The second kappa shape index (κ2) is 3.91. The van der Waals surface area contributed by atoms with Crippen molar-refractivity contribution in [2.45, 2.75) is 25.1 Å². The summed E-state index contributed by atoms with van der Waals surface area (Å²) in [6.45, 7) is 1.67. The molecule has 78 valence electrons. The number of hydrogen-bond acceptors (Lipinski definition) is 5. The summed E-state index contributed by atoms with van der Waals surface area (Å²) in [6, 6.07) is -0.625. The normalized spacial score (nSPS) is 34.7. The fraction of sp³-hybridized carbons (Fsp3) is 1.00. The molecule has 5 nitrogen and oxygen atoms in total. The van der Waals surface area contributed by atoms with Crippen molar-refractivity contribution in [3.63, 3.8) is 0 Å². The fourth-order valence-electron chi connectivity index (χ4n) is 1.41. The minimum atomic E-state index is -3.09. The summed E-state index contributed by atoms with van der Waals surface area (Å²) in [6.07, 6.45) is -0.848. The lowest BCUT2D eigenvalue weighted by Gasteiger charge is -2.18. The quantitative estimate of drug-likeness (QED) is 0.506. The van der Waals surface area contributed by atoms with Crippen LogP contribution in [0.2, 0.25) is 0 Å². The Kier molecular flexibility index (Phi) is 3.28. The lowest BCUT2D eigenvalue weighted by Crippen LogP contribution is -2.45. The average molecular weight is 209 g/mol. The fourth-order valence-corrected chi connectivity index (χ4v) is 3.16. The van der Waals surface area contributed by atoms with Gasteiger partial charge in [-0.3, -0.25) is 0 Å². The molecule has 0 aromatic rings. The molecule has 3 atom stereocenters. The maximum Gasteiger partial charge on any atom is 0.154 e. The van der Waals surface area contributed by atoms with Crippen LogP contribution < -0.4 is 5.32 Å². The van der Waals surface area contributed by atoms with Gasteiger partial charge in [0, 0.05) is 12.1 Å². The molecule has 1 aliphatic rings. The summed E-state index contributed by atoms with van der Waals surface area (Å²) in [5.74, 6) is -0.221. The van der Waals surface area contributed by atoms with Crippen molar-refractivity contribution in [3.05, 3.63) is 0 Å². The summed E-state index contributed by atoms with van der Waals surface area (Å²) in [5, 5.41) is 20.9. The van der Waals surface area contributed by atoms with Crippen molar-refractivity contribution in [2.24, 2.45) is 0 Å². The number of aliphatic hydroxyl groups excluding tert-OH is 2. The van der Waals surface area contributed by atoms with E-state index >= 15 is 0 Å². The van der Waals surface area contributed by atoms with Gasteiger partial charge in [-0.05, 0) is 6.92 Å². The third-order valence-corrected chi connectivity index (χ3v) is 3.81. The van der Waals surface area contributed by atoms with Crippen LogP contribution in [0.1, 0.15) is 6.92 Å². The molecule has 1 aliphatic heterocycles. The molecule has 0 aliphatic carbocycles. The highest BCUT2D eigenvalue weighted by molar-refractivity contribution is 7.91. The molecular weight excluding hydrogens is 194 g/mol. The number of hydrogen-bond donors (Lipinski definition) is 3. The Balaban J connectivity index is 2.53. The second-order valence-corrected chi connectivity index (χ2v) is 5.65. The largest absolute Gasteiger partial charge is 0.395 e. The Hall–Kier alpha value is -0.170. The Morgan fingerprint density at radius 3 is 2.54 bits per heavy atom. The van der Waals surface area contributed by atoms with Crippen molar-refractivity contribution in [1.82, 2.24) is 5.32 Å². The Morgan fingerprint density at radius 1 is 1.54 bits per heavy atom. The monoisotopic (exact) mass is 209 g/mol. The van der Waals surface area contributed by atoms with E-state index in [1.807, 2.05) is 0 Å². The third kappa shape index (κ3) is 2.91. The molecular formula is C7H15NO4S. The number of rotatable bonds is 3. The maximum atomic E-state index is 11.1. The van der Waals surface area contributed by atoms with Crippen LogP contribution in [0.4, 0.5) is 0 Å². The first-order chi connectivity index (χ1) is 5.94. The lowest BCUT2D eigenvalue weighted by atomic mass is 10.2. The van der Waals surface area contributed by atoms with Crippen molar-refractivity contribution in [2.75, 3.05) is 18.1 Å². The van der Waals surface area contributed by atoms with Crippen molar-refractivity contribution < 1.29 is 18.6 Å². The maximum absolute atomic E-state index is 11.1. The van der Waals surface area contributed by atoms with Gasteiger partial charge in [0.15, 0.2) is 9.84 Å². The summed E-state index contributed by atoms with van der Waals surface area (Å²) >= 11 is 0. The van der Waals surface area contributed by atoms with E-state index in [1.54, 1.807) is 6.92 Å². The van der Waals surface area contributed by atoms with Crippen LogP contribution in [0.25, 0.3) is 0 Å². The van der Waals surface area contributed by atoms with Gasteiger partial charge in [-0.2, -0.15) is 0 Å². The Morgan fingerprint density at radius 2 is 2.15 bits per heavy atom. The van der Waals surface area contributed by atoms with Crippen LogP contribution in [0.15, 0.2) is 0 Å². The number of nitrogens with one attached hydrogen (secondary N) is 1. The molecule has 3 unspecified atom stereocenters. The van der Waals surface area contributed by atoms with Gasteiger partial charge in [-0.1, -0.05) is 0 Å². The van der Waals surface area contributed by atoms with Crippen LogP contribution in [0, 0.1) is 0 Å². The SMILES string of the molecule is CC(CO)NC1CS(=O)(=O)CC1O. The van der Waals surface area contributed by atoms with E-state index in [0.717, 1.165) is 0 Å².